The summed E-state index contributed by atoms with van der Waals surface area (Å²) in [5.41, 5.74) is 2.34. The van der Waals surface area contributed by atoms with Gasteiger partial charge < -0.3 is 14.6 Å². The van der Waals surface area contributed by atoms with Crippen molar-refractivity contribution in [3.63, 3.8) is 0 Å². The Hall–Kier alpha value is -2.02. The highest BCUT2D eigenvalue weighted by atomic mass is 35.5. The highest BCUT2D eigenvalue weighted by molar-refractivity contribution is 6.30. The number of ketones is 1. The minimum Gasteiger partial charge on any atom is -0.418 e. The number of rotatable bonds is 4. The van der Waals surface area contributed by atoms with Gasteiger partial charge in [0.15, 0.2) is 5.78 Å². The predicted octanol–water partition coefficient (Wildman–Crippen LogP) is 8.77. The number of aromatic nitrogens is 2. The van der Waals surface area contributed by atoms with Gasteiger partial charge >= 0.3 is 0 Å². The first-order valence-electron chi connectivity index (χ1n) is 17.3. The van der Waals surface area contributed by atoms with E-state index in [4.69, 9.17) is 16.0 Å². The molecule has 2 aromatic rings. The van der Waals surface area contributed by atoms with Gasteiger partial charge in [-0.2, -0.15) is 0 Å². The number of allylic oxidation sites excluding steroid dienone is 1. The lowest BCUT2D eigenvalue weighted by Crippen LogP contribution is -2.65. The van der Waals surface area contributed by atoms with Gasteiger partial charge in [0, 0.05) is 22.4 Å². The Morgan fingerprint density at radius 1 is 0.889 bits per heavy atom. The lowest BCUT2D eigenvalue weighted by Gasteiger charge is -2.72. The van der Waals surface area contributed by atoms with Crippen LogP contribution in [0.2, 0.25) is 5.02 Å². The van der Waals surface area contributed by atoms with Gasteiger partial charge in [0.05, 0.1) is 6.10 Å². The summed E-state index contributed by atoms with van der Waals surface area (Å²) in [4.78, 5) is 14.0. The highest BCUT2D eigenvalue weighted by Crippen LogP contribution is 2.77. The van der Waals surface area contributed by atoms with Crippen molar-refractivity contribution in [2.24, 2.45) is 50.7 Å². The molecule has 1 aromatic carbocycles. The smallest absolute Gasteiger partial charge is 0.247 e. The predicted molar refractivity (Wildman–Crippen MR) is 175 cm³/mol. The van der Waals surface area contributed by atoms with E-state index in [0.717, 1.165) is 62.5 Å². The molecule has 5 aliphatic rings. The maximum atomic E-state index is 14.0. The van der Waals surface area contributed by atoms with Crippen LogP contribution in [-0.2, 0) is 4.79 Å². The van der Waals surface area contributed by atoms with E-state index in [-0.39, 0.29) is 51.3 Å². The second kappa shape index (κ2) is 10.2. The number of carbonyl (C=O) groups excluding carboxylic acids is 1. The Balaban J connectivity index is 1.29. The number of Topliss-reactive ketones (excluding diaryl/α,β-unsaturated/α-hetero) is 1. The van der Waals surface area contributed by atoms with Gasteiger partial charge in [-0.25, -0.2) is 0 Å². The molecule has 0 aliphatic heterocycles. The van der Waals surface area contributed by atoms with E-state index < -0.39 is 11.5 Å². The van der Waals surface area contributed by atoms with Crippen LogP contribution in [0.5, 0.6) is 0 Å². The largest absolute Gasteiger partial charge is 0.418 e. The van der Waals surface area contributed by atoms with Crippen LogP contribution in [0.1, 0.15) is 118 Å². The van der Waals surface area contributed by atoms with Crippen molar-refractivity contribution in [1.82, 2.24) is 10.2 Å². The van der Waals surface area contributed by atoms with E-state index in [1.54, 1.807) is 12.1 Å². The molecule has 5 aliphatic carbocycles. The fourth-order valence-electron chi connectivity index (χ4n) is 12.3. The summed E-state index contributed by atoms with van der Waals surface area (Å²) in [5, 5.41) is 32.6. The van der Waals surface area contributed by atoms with Crippen LogP contribution in [0.4, 0.5) is 0 Å². The first kappa shape index (κ1) is 31.6. The van der Waals surface area contributed by atoms with Crippen LogP contribution in [0.25, 0.3) is 11.5 Å². The molecule has 7 heteroatoms. The second-order valence-corrected chi connectivity index (χ2v) is 17.5. The lowest BCUT2D eigenvalue weighted by molar-refractivity contribution is -0.230. The summed E-state index contributed by atoms with van der Waals surface area (Å²) in [6.07, 6.45) is 7.06. The van der Waals surface area contributed by atoms with Crippen molar-refractivity contribution < 1.29 is 19.4 Å². The average Bonchev–Trinajstić information content (AvgIpc) is 3.59. The molecule has 2 N–H and O–H groups in total. The second-order valence-electron chi connectivity index (χ2n) is 17.1. The van der Waals surface area contributed by atoms with Crippen LogP contribution < -0.4 is 0 Å². The number of aliphatic hydroxyl groups excluding tert-OH is 2. The topological polar surface area (TPSA) is 96.5 Å². The average molecular weight is 635 g/mol. The third-order valence-corrected chi connectivity index (χ3v) is 15.0. The van der Waals surface area contributed by atoms with Crippen molar-refractivity contribution in [1.29, 1.82) is 0 Å². The monoisotopic (exact) mass is 634 g/mol. The molecule has 1 aromatic heterocycles. The molecule has 9 atom stereocenters. The van der Waals surface area contributed by atoms with Gasteiger partial charge in [-0.1, -0.05) is 60.1 Å². The van der Waals surface area contributed by atoms with Crippen LogP contribution >= 0.6 is 11.6 Å². The Morgan fingerprint density at radius 3 is 2.29 bits per heavy atom. The van der Waals surface area contributed by atoms with Crippen molar-refractivity contribution in [2.75, 3.05) is 0 Å². The zero-order valence-corrected chi connectivity index (χ0v) is 28.9. The first-order chi connectivity index (χ1) is 21.1. The molecule has 0 radical (unpaired) electrons. The fourth-order valence-corrected chi connectivity index (χ4v) is 12.4. The zero-order chi connectivity index (χ0) is 32.3. The minimum absolute atomic E-state index is 0.00325. The minimum atomic E-state index is -1.05. The Labute approximate surface area is 273 Å². The summed E-state index contributed by atoms with van der Waals surface area (Å²) >= 11 is 6.09. The van der Waals surface area contributed by atoms with Gasteiger partial charge in [0.1, 0.15) is 6.10 Å². The third kappa shape index (κ3) is 4.16. The summed E-state index contributed by atoms with van der Waals surface area (Å²) < 4.78 is 6.16. The molecule has 7 rings (SSSR count). The molecule has 1 unspecified atom stereocenters. The lowest BCUT2D eigenvalue weighted by atomic mass is 9.33. The van der Waals surface area contributed by atoms with Gasteiger partial charge in [-0.3, -0.25) is 4.79 Å². The van der Waals surface area contributed by atoms with Crippen LogP contribution in [0, 0.1) is 50.7 Å². The molecule has 0 saturated heterocycles. The molecule has 0 spiro atoms. The highest BCUT2D eigenvalue weighted by Gasteiger charge is 2.70. The summed E-state index contributed by atoms with van der Waals surface area (Å²) in [6.45, 7) is 16.5. The van der Waals surface area contributed by atoms with Crippen molar-refractivity contribution in [2.45, 2.75) is 118 Å². The molecular formula is C38H51ClN2O4. The molecule has 244 valence electrons. The van der Waals surface area contributed by atoms with Gasteiger partial charge in [0.25, 0.3) is 0 Å². The van der Waals surface area contributed by atoms with Gasteiger partial charge in [-0.05, 0) is 132 Å². The van der Waals surface area contributed by atoms with E-state index in [1.165, 1.54) is 5.57 Å². The van der Waals surface area contributed by atoms with E-state index in [0.29, 0.717) is 29.2 Å². The third-order valence-electron chi connectivity index (χ3n) is 14.8. The molecule has 6 nitrogen and oxygen atoms in total. The summed E-state index contributed by atoms with van der Waals surface area (Å²) in [7, 11) is 0. The maximum absolute atomic E-state index is 14.0. The molecule has 0 bridgehead atoms. The van der Waals surface area contributed by atoms with E-state index in [9.17, 15) is 15.0 Å². The van der Waals surface area contributed by atoms with Crippen molar-refractivity contribution in [3.8, 4) is 11.5 Å². The van der Waals surface area contributed by atoms with Crippen LogP contribution in [-0.4, -0.2) is 32.3 Å². The SMILES string of the molecule is CC(C)C1=C2C3CC[C@@H]4[C@@]5(C)CC[C@H](O)C(C)(C)[C@@H]5CC[C@@]4(C)[C@]3(C)CC[C@@]2([C@@H](O)c2nnc(-c3ccc(Cl)cc3)o2)CC1=O. The maximum Gasteiger partial charge on any atom is 0.247 e. The van der Waals surface area contributed by atoms with E-state index >= 15 is 0 Å². The summed E-state index contributed by atoms with van der Waals surface area (Å²) in [6, 6.07) is 7.23. The van der Waals surface area contributed by atoms with Gasteiger partial charge in [-0.15, -0.1) is 10.2 Å². The molecular weight excluding hydrogens is 584 g/mol. The summed E-state index contributed by atoms with van der Waals surface area (Å²) in [5.74, 6) is 2.06. The quantitative estimate of drug-likeness (QED) is 0.349. The Morgan fingerprint density at radius 2 is 1.60 bits per heavy atom. The number of hydrogen-bond donors (Lipinski definition) is 2. The molecule has 45 heavy (non-hydrogen) atoms. The fraction of sp³-hybridized carbons (Fsp3) is 0.711. The van der Waals surface area contributed by atoms with Gasteiger partial charge in [0.2, 0.25) is 11.8 Å². The van der Waals surface area contributed by atoms with E-state index in [1.807, 2.05) is 12.1 Å². The number of nitrogens with zero attached hydrogens (tertiary/aromatic N) is 2. The molecule has 1 heterocycles. The first-order valence-corrected chi connectivity index (χ1v) is 17.7. The normalized spacial score (nSPS) is 41.4. The van der Waals surface area contributed by atoms with Crippen LogP contribution in [0.15, 0.2) is 39.8 Å². The van der Waals surface area contributed by atoms with Crippen molar-refractivity contribution in [3.05, 3.63) is 46.3 Å². The number of halogens is 1. The number of carbonyl (C=O) groups is 1. The van der Waals surface area contributed by atoms with Crippen LogP contribution in [0.3, 0.4) is 0 Å². The Kier molecular flexibility index (Phi) is 7.18. The van der Waals surface area contributed by atoms with Crippen molar-refractivity contribution >= 4 is 17.4 Å². The number of benzene rings is 1. The molecule has 0 amide bonds. The zero-order valence-electron chi connectivity index (χ0n) is 28.1. The number of aliphatic hydroxyl groups is 2. The Bertz CT molecular complexity index is 1540. The molecule has 4 saturated carbocycles. The number of fused-ring (bicyclic) bond motifs is 7. The molecule has 4 fully saturated rings. The number of hydrogen-bond acceptors (Lipinski definition) is 6. The van der Waals surface area contributed by atoms with E-state index in [2.05, 4.69) is 58.7 Å². The standard InChI is InChI=1S/C38H51ClN2O4/c1-21(2)29-25(42)20-38(31(44)33-41-40-32(45-33)22-8-10-23(39)11-9-22)19-18-36(6)24(30(29)38)12-13-27-35(5)16-15-28(43)34(3,4)26(35)14-17-37(27,36)7/h8-11,21,24,26-28,31,43-44H,12-20H2,1-7H3/t24?,26-,27+,28-,31-,35-,36+,37+,38+/m0/s1.